The summed E-state index contributed by atoms with van der Waals surface area (Å²) in [4.78, 5) is 9.99. The predicted octanol–water partition coefficient (Wildman–Crippen LogP) is 8.54. The zero-order valence-electron chi connectivity index (χ0n) is 29.6. The second-order valence-corrected chi connectivity index (χ2v) is 13.1. The van der Waals surface area contributed by atoms with E-state index < -0.39 is 0 Å². The van der Waals surface area contributed by atoms with Crippen LogP contribution in [0.2, 0.25) is 0 Å². The second kappa shape index (κ2) is 16.1. The monoisotopic (exact) mass is 658 g/mol. The first-order chi connectivity index (χ1) is 24.0. The summed E-state index contributed by atoms with van der Waals surface area (Å²) in [6.45, 7) is 8.29. The van der Waals surface area contributed by atoms with Crippen molar-refractivity contribution in [3.63, 3.8) is 0 Å². The fourth-order valence-corrected chi connectivity index (χ4v) is 7.04. The average molecular weight is 659 g/mol. The van der Waals surface area contributed by atoms with Crippen molar-refractivity contribution in [1.82, 2.24) is 15.2 Å². The summed E-state index contributed by atoms with van der Waals surface area (Å²) >= 11 is 0. The molecule has 2 aliphatic heterocycles. The van der Waals surface area contributed by atoms with Crippen molar-refractivity contribution in [2.45, 2.75) is 57.7 Å². The number of benzene rings is 3. The van der Waals surface area contributed by atoms with Crippen LogP contribution in [0.3, 0.4) is 0 Å². The minimum Gasteiger partial charge on any atom is -0.497 e. The molecule has 0 spiro atoms. The number of nitrogens with zero attached hydrogens (tertiary/aromatic N) is 3. The molecule has 6 rings (SSSR count). The van der Waals surface area contributed by atoms with E-state index >= 15 is 0 Å². The van der Waals surface area contributed by atoms with Gasteiger partial charge in [0.15, 0.2) is 11.5 Å². The number of hydrogen-bond acceptors (Lipinski definition) is 7. The molecule has 0 bridgehead atoms. The first kappa shape index (κ1) is 34.1. The quantitative estimate of drug-likeness (QED) is 0.155. The molecule has 1 N–H and O–H groups in total. The number of rotatable bonds is 13. The molecule has 7 heteroatoms. The highest BCUT2D eigenvalue weighted by Gasteiger charge is 2.26. The first-order valence-electron chi connectivity index (χ1n) is 17.5. The molecule has 0 saturated carbocycles. The Bertz CT molecular complexity index is 1730. The van der Waals surface area contributed by atoms with Gasteiger partial charge in [0.25, 0.3) is 0 Å². The van der Waals surface area contributed by atoms with Crippen molar-refractivity contribution in [2.75, 3.05) is 45.9 Å². The van der Waals surface area contributed by atoms with Gasteiger partial charge in [-0.05, 0) is 103 Å². The molecule has 2 atom stereocenters. The summed E-state index contributed by atoms with van der Waals surface area (Å²) in [5, 5.41) is 3.50. The Labute approximate surface area is 292 Å². The van der Waals surface area contributed by atoms with Gasteiger partial charge in [0.05, 0.1) is 33.1 Å². The van der Waals surface area contributed by atoms with Crippen molar-refractivity contribution in [3.8, 4) is 28.5 Å². The Balaban J connectivity index is 1.20. The van der Waals surface area contributed by atoms with Crippen LogP contribution in [-0.4, -0.2) is 56.9 Å². The van der Waals surface area contributed by atoms with Gasteiger partial charge >= 0.3 is 0 Å². The first-order valence-corrected chi connectivity index (χ1v) is 17.5. The van der Waals surface area contributed by atoms with E-state index in [1.807, 2.05) is 12.3 Å². The van der Waals surface area contributed by atoms with Gasteiger partial charge < -0.3 is 24.4 Å². The highest BCUT2D eigenvalue weighted by atomic mass is 16.5. The van der Waals surface area contributed by atoms with Crippen molar-refractivity contribution in [2.24, 2.45) is 0 Å². The molecule has 7 nitrogen and oxygen atoms in total. The number of methoxy groups -OCH3 is 3. The lowest BCUT2D eigenvalue weighted by Crippen LogP contribution is -2.45. The zero-order valence-corrected chi connectivity index (χ0v) is 29.6. The van der Waals surface area contributed by atoms with Crippen molar-refractivity contribution >= 4 is 5.69 Å². The van der Waals surface area contributed by atoms with E-state index in [-0.39, 0.29) is 6.04 Å². The molecular formula is C42H50N4O3. The number of aromatic nitrogens is 1. The third-order valence-corrected chi connectivity index (χ3v) is 10.0. The number of likely N-dealkylation sites (tertiary alicyclic amines) is 1. The molecule has 1 saturated heterocycles. The van der Waals surface area contributed by atoms with Gasteiger partial charge in [-0.25, -0.2) is 0 Å². The predicted molar refractivity (Wildman–Crippen MR) is 200 cm³/mol. The highest BCUT2D eigenvalue weighted by Crippen LogP contribution is 2.40. The van der Waals surface area contributed by atoms with Gasteiger partial charge in [0, 0.05) is 55.2 Å². The van der Waals surface area contributed by atoms with E-state index in [1.54, 1.807) is 21.3 Å². The maximum atomic E-state index is 5.79. The number of ether oxygens (including phenoxy) is 3. The Hall–Kier alpha value is -4.75. The lowest BCUT2D eigenvalue weighted by molar-refractivity contribution is 0.224. The summed E-state index contributed by atoms with van der Waals surface area (Å²) < 4.78 is 17.1. The van der Waals surface area contributed by atoms with Crippen LogP contribution in [0.25, 0.3) is 11.3 Å². The van der Waals surface area contributed by atoms with E-state index in [0.717, 1.165) is 79.5 Å². The molecule has 1 aromatic heterocycles. The van der Waals surface area contributed by atoms with E-state index in [2.05, 4.69) is 120 Å². The molecule has 3 heterocycles. The summed E-state index contributed by atoms with van der Waals surface area (Å²) in [6, 6.07) is 28.4. The van der Waals surface area contributed by atoms with E-state index in [1.165, 1.54) is 22.4 Å². The molecule has 4 aromatic rings. The summed E-state index contributed by atoms with van der Waals surface area (Å²) in [6.07, 6.45) is 11.8. The van der Waals surface area contributed by atoms with Crippen LogP contribution in [0.5, 0.6) is 17.2 Å². The molecule has 256 valence electrons. The lowest BCUT2D eigenvalue weighted by atomic mass is 9.94. The number of hydrogen-bond donors (Lipinski definition) is 1. The number of dihydropyridines is 1. The molecule has 0 radical (unpaired) electrons. The van der Waals surface area contributed by atoms with Crippen LogP contribution >= 0.6 is 0 Å². The fourth-order valence-electron chi connectivity index (χ4n) is 7.04. The van der Waals surface area contributed by atoms with Gasteiger partial charge in [-0.2, -0.15) is 0 Å². The smallest absolute Gasteiger partial charge is 0.164 e. The molecule has 1 fully saturated rings. The van der Waals surface area contributed by atoms with Crippen LogP contribution in [0.15, 0.2) is 109 Å². The zero-order chi connectivity index (χ0) is 34.2. The van der Waals surface area contributed by atoms with Crippen LogP contribution in [0.1, 0.15) is 61.8 Å². The maximum absolute atomic E-state index is 5.79. The molecular weight excluding hydrogens is 608 g/mol. The van der Waals surface area contributed by atoms with Crippen LogP contribution in [0.4, 0.5) is 5.69 Å². The van der Waals surface area contributed by atoms with Gasteiger partial charge in [-0.1, -0.05) is 50.3 Å². The largest absolute Gasteiger partial charge is 0.497 e. The summed E-state index contributed by atoms with van der Waals surface area (Å²) in [7, 11) is 5.13. The van der Waals surface area contributed by atoms with Crippen molar-refractivity contribution in [1.29, 1.82) is 0 Å². The topological polar surface area (TPSA) is 59.1 Å². The second-order valence-electron chi connectivity index (χ2n) is 13.1. The van der Waals surface area contributed by atoms with Crippen molar-refractivity contribution in [3.05, 3.63) is 126 Å². The van der Waals surface area contributed by atoms with E-state index in [9.17, 15) is 0 Å². The molecule has 0 amide bonds. The maximum Gasteiger partial charge on any atom is 0.164 e. The van der Waals surface area contributed by atoms with Gasteiger partial charge in [0.1, 0.15) is 5.75 Å². The molecule has 2 aliphatic rings. The summed E-state index contributed by atoms with van der Waals surface area (Å²) in [5.41, 5.74) is 8.20. The molecule has 3 aromatic carbocycles. The number of piperidine rings is 1. The molecule has 2 unspecified atom stereocenters. The van der Waals surface area contributed by atoms with Gasteiger partial charge in [0.2, 0.25) is 0 Å². The SMILES string of the molecule is CCC(C)c1cc(-c2cc(CN(c3ccc(OC)cc3)C3CCN(CC4=CC(c5ccccc5)NC=C4)CC3)ccn2)cc(OC)c1OC. The van der Waals surface area contributed by atoms with Crippen LogP contribution in [0, 0.1) is 0 Å². The van der Waals surface area contributed by atoms with Crippen LogP contribution in [-0.2, 0) is 6.54 Å². The highest BCUT2D eigenvalue weighted by molar-refractivity contribution is 5.67. The van der Waals surface area contributed by atoms with Gasteiger partial charge in [-0.15, -0.1) is 0 Å². The number of nitrogens with one attached hydrogen (secondary N) is 1. The van der Waals surface area contributed by atoms with Crippen LogP contribution < -0.4 is 24.4 Å². The minimum atomic E-state index is 0.218. The standard InChI is InChI=1S/C42H50N4O3/c1-6-30(2)38-26-34(27-41(48-4)42(38)49-5)40-25-32(17-21-44-40)29-46(35-12-14-37(47-3)15-13-35)36-18-22-45(23-19-36)28-31-16-20-43-39(24-31)33-10-8-7-9-11-33/h7-17,20-21,24-27,30,36,39,43H,6,18-19,22-23,28-29H2,1-5H3. The Morgan fingerprint density at radius 2 is 1.69 bits per heavy atom. The van der Waals surface area contributed by atoms with Crippen molar-refractivity contribution < 1.29 is 14.2 Å². The normalized spacial score (nSPS) is 17.2. The third kappa shape index (κ3) is 8.11. The number of anilines is 1. The molecule has 0 aliphatic carbocycles. The third-order valence-electron chi connectivity index (χ3n) is 10.0. The minimum absolute atomic E-state index is 0.218. The Kier molecular flexibility index (Phi) is 11.2. The fraction of sp³-hybridized carbons (Fsp3) is 0.357. The van der Waals surface area contributed by atoms with E-state index in [4.69, 9.17) is 19.2 Å². The van der Waals surface area contributed by atoms with Gasteiger partial charge in [-0.3, -0.25) is 9.88 Å². The van der Waals surface area contributed by atoms with E-state index in [0.29, 0.717) is 12.0 Å². The average Bonchev–Trinajstić information content (AvgIpc) is 3.17. The summed E-state index contributed by atoms with van der Waals surface area (Å²) in [5.74, 6) is 2.74. The molecule has 49 heavy (non-hydrogen) atoms. The number of pyridine rings is 1. The lowest BCUT2D eigenvalue weighted by Gasteiger charge is -2.40. The Morgan fingerprint density at radius 1 is 0.918 bits per heavy atom. The Morgan fingerprint density at radius 3 is 2.39 bits per heavy atom.